The summed E-state index contributed by atoms with van der Waals surface area (Å²) >= 11 is 0. The van der Waals surface area contributed by atoms with E-state index in [1.165, 1.54) is 19.3 Å². The molecule has 1 aliphatic rings. The smallest absolute Gasteiger partial charge is 0.225 e. The summed E-state index contributed by atoms with van der Waals surface area (Å²) in [6.07, 6.45) is 7.69. The molecule has 0 aromatic carbocycles. The zero-order valence-corrected chi connectivity index (χ0v) is 9.40. The zero-order chi connectivity index (χ0) is 10.7. The molecular formula is C11H18N4. The molecule has 0 atom stereocenters. The maximum atomic E-state index is 4.37. The monoisotopic (exact) mass is 206 g/mol. The zero-order valence-electron chi connectivity index (χ0n) is 9.40. The average Bonchev–Trinajstić information content (AvgIpc) is 2.16. The highest BCUT2D eigenvalue weighted by atomic mass is 15.3. The molecule has 0 amide bonds. The van der Waals surface area contributed by atoms with Crippen molar-refractivity contribution >= 4 is 5.95 Å². The molecular weight excluding hydrogens is 188 g/mol. The van der Waals surface area contributed by atoms with Gasteiger partial charge in [-0.15, -0.1) is 0 Å². The van der Waals surface area contributed by atoms with Crippen LogP contribution in [0.2, 0.25) is 0 Å². The summed E-state index contributed by atoms with van der Waals surface area (Å²) in [5.41, 5.74) is 1.13. The first-order chi connectivity index (χ1) is 7.31. The van der Waals surface area contributed by atoms with Gasteiger partial charge in [-0.05, 0) is 26.3 Å². The van der Waals surface area contributed by atoms with E-state index >= 15 is 0 Å². The number of nitrogens with zero attached hydrogens (tertiary/aromatic N) is 3. The van der Waals surface area contributed by atoms with Gasteiger partial charge in [-0.2, -0.15) is 0 Å². The molecule has 0 unspecified atom stereocenters. The SMILES string of the molecule is CNCc1cnc(N(C)C2CCC2)nc1. The summed E-state index contributed by atoms with van der Waals surface area (Å²) in [7, 11) is 4.01. The average molecular weight is 206 g/mol. The summed E-state index contributed by atoms with van der Waals surface area (Å²) < 4.78 is 0. The normalized spacial score (nSPS) is 16.1. The first kappa shape index (κ1) is 10.4. The third-order valence-electron chi connectivity index (χ3n) is 3.01. The lowest BCUT2D eigenvalue weighted by Gasteiger charge is -2.34. The van der Waals surface area contributed by atoms with Gasteiger partial charge in [-0.25, -0.2) is 9.97 Å². The molecule has 4 nitrogen and oxygen atoms in total. The minimum Gasteiger partial charge on any atom is -0.341 e. The van der Waals surface area contributed by atoms with Gasteiger partial charge in [0, 0.05) is 37.6 Å². The lowest BCUT2D eigenvalue weighted by atomic mass is 9.92. The van der Waals surface area contributed by atoms with Crippen molar-refractivity contribution in [2.45, 2.75) is 31.8 Å². The molecule has 1 N–H and O–H groups in total. The van der Waals surface area contributed by atoms with Crippen LogP contribution in [-0.4, -0.2) is 30.1 Å². The molecule has 0 aliphatic heterocycles. The Morgan fingerprint density at radius 1 is 1.40 bits per heavy atom. The molecule has 0 bridgehead atoms. The molecule has 4 heteroatoms. The van der Waals surface area contributed by atoms with E-state index < -0.39 is 0 Å². The molecule has 15 heavy (non-hydrogen) atoms. The van der Waals surface area contributed by atoms with Crippen LogP contribution in [0.5, 0.6) is 0 Å². The van der Waals surface area contributed by atoms with Crippen LogP contribution in [0.1, 0.15) is 24.8 Å². The van der Waals surface area contributed by atoms with Gasteiger partial charge in [-0.3, -0.25) is 0 Å². The van der Waals surface area contributed by atoms with Crippen LogP contribution in [0.4, 0.5) is 5.95 Å². The van der Waals surface area contributed by atoms with Gasteiger partial charge in [0.25, 0.3) is 0 Å². The lowest BCUT2D eigenvalue weighted by Crippen LogP contribution is -2.38. The van der Waals surface area contributed by atoms with E-state index in [1.54, 1.807) is 0 Å². The van der Waals surface area contributed by atoms with Gasteiger partial charge in [-0.1, -0.05) is 0 Å². The van der Waals surface area contributed by atoms with E-state index in [0.717, 1.165) is 18.1 Å². The van der Waals surface area contributed by atoms with Crippen molar-refractivity contribution in [1.29, 1.82) is 0 Å². The van der Waals surface area contributed by atoms with Gasteiger partial charge in [0.05, 0.1) is 0 Å². The van der Waals surface area contributed by atoms with Crippen molar-refractivity contribution in [2.75, 3.05) is 19.0 Å². The van der Waals surface area contributed by atoms with Crippen LogP contribution in [0.25, 0.3) is 0 Å². The van der Waals surface area contributed by atoms with Gasteiger partial charge in [0.15, 0.2) is 0 Å². The number of hydrogen-bond acceptors (Lipinski definition) is 4. The molecule has 0 spiro atoms. The standard InChI is InChI=1S/C11H18N4/c1-12-6-9-7-13-11(14-8-9)15(2)10-4-3-5-10/h7-8,10,12H,3-6H2,1-2H3. The maximum absolute atomic E-state index is 4.37. The molecule has 82 valence electrons. The summed E-state index contributed by atoms with van der Waals surface area (Å²) in [6.45, 7) is 0.827. The first-order valence-corrected chi connectivity index (χ1v) is 5.49. The third kappa shape index (κ3) is 2.26. The second kappa shape index (κ2) is 4.57. The van der Waals surface area contributed by atoms with Crippen molar-refractivity contribution in [2.24, 2.45) is 0 Å². The Bertz CT molecular complexity index is 305. The van der Waals surface area contributed by atoms with Gasteiger partial charge in [0.1, 0.15) is 0 Å². The second-order valence-corrected chi connectivity index (χ2v) is 4.12. The van der Waals surface area contributed by atoms with E-state index in [4.69, 9.17) is 0 Å². The van der Waals surface area contributed by atoms with Crippen LogP contribution in [-0.2, 0) is 6.54 Å². The Kier molecular flexibility index (Phi) is 3.16. The van der Waals surface area contributed by atoms with Crippen molar-refractivity contribution < 1.29 is 0 Å². The number of nitrogens with one attached hydrogen (secondary N) is 1. The second-order valence-electron chi connectivity index (χ2n) is 4.12. The molecule has 1 saturated carbocycles. The van der Waals surface area contributed by atoms with Crippen LogP contribution in [0.3, 0.4) is 0 Å². The Hall–Kier alpha value is -1.16. The Labute approximate surface area is 90.7 Å². The Morgan fingerprint density at radius 2 is 2.07 bits per heavy atom. The Balaban J connectivity index is 2.02. The van der Waals surface area contributed by atoms with Crippen molar-refractivity contribution in [1.82, 2.24) is 15.3 Å². The molecule has 1 aromatic heterocycles. The van der Waals surface area contributed by atoms with Crippen molar-refractivity contribution in [3.05, 3.63) is 18.0 Å². The topological polar surface area (TPSA) is 41.1 Å². The van der Waals surface area contributed by atoms with Crippen LogP contribution < -0.4 is 10.2 Å². The molecule has 1 aliphatic carbocycles. The highest BCUT2D eigenvalue weighted by molar-refractivity contribution is 5.31. The van der Waals surface area contributed by atoms with Crippen LogP contribution in [0, 0.1) is 0 Å². The molecule has 1 aromatic rings. The number of anilines is 1. The van der Waals surface area contributed by atoms with Gasteiger partial charge in [0.2, 0.25) is 5.95 Å². The minimum absolute atomic E-state index is 0.653. The highest BCUT2D eigenvalue weighted by Crippen LogP contribution is 2.25. The quantitative estimate of drug-likeness (QED) is 0.803. The largest absolute Gasteiger partial charge is 0.341 e. The third-order valence-corrected chi connectivity index (χ3v) is 3.01. The molecule has 0 radical (unpaired) electrons. The fourth-order valence-corrected chi connectivity index (χ4v) is 1.76. The van der Waals surface area contributed by atoms with Gasteiger partial charge < -0.3 is 10.2 Å². The number of hydrogen-bond donors (Lipinski definition) is 1. The predicted molar refractivity (Wildman–Crippen MR) is 60.8 cm³/mol. The van der Waals surface area contributed by atoms with E-state index in [1.807, 2.05) is 19.4 Å². The van der Waals surface area contributed by atoms with E-state index in [0.29, 0.717) is 6.04 Å². The fraction of sp³-hybridized carbons (Fsp3) is 0.636. The highest BCUT2D eigenvalue weighted by Gasteiger charge is 2.23. The van der Waals surface area contributed by atoms with Crippen molar-refractivity contribution in [3.63, 3.8) is 0 Å². The van der Waals surface area contributed by atoms with Gasteiger partial charge >= 0.3 is 0 Å². The van der Waals surface area contributed by atoms with E-state index in [-0.39, 0.29) is 0 Å². The van der Waals surface area contributed by atoms with E-state index in [9.17, 15) is 0 Å². The Morgan fingerprint density at radius 3 is 2.53 bits per heavy atom. The molecule has 1 fully saturated rings. The molecule has 1 heterocycles. The summed E-state index contributed by atoms with van der Waals surface area (Å²) in [6, 6.07) is 0.653. The number of aromatic nitrogens is 2. The van der Waals surface area contributed by atoms with E-state index in [2.05, 4.69) is 27.2 Å². The summed E-state index contributed by atoms with van der Waals surface area (Å²) in [5, 5.41) is 3.08. The maximum Gasteiger partial charge on any atom is 0.225 e. The molecule has 0 saturated heterocycles. The number of rotatable bonds is 4. The van der Waals surface area contributed by atoms with Crippen LogP contribution in [0.15, 0.2) is 12.4 Å². The van der Waals surface area contributed by atoms with Crippen molar-refractivity contribution in [3.8, 4) is 0 Å². The molecule has 2 rings (SSSR count). The first-order valence-electron chi connectivity index (χ1n) is 5.49. The fourth-order valence-electron chi connectivity index (χ4n) is 1.76. The summed E-state index contributed by atoms with van der Waals surface area (Å²) in [4.78, 5) is 10.9. The lowest BCUT2D eigenvalue weighted by molar-refractivity contribution is 0.397. The summed E-state index contributed by atoms with van der Waals surface area (Å²) in [5.74, 6) is 0.847. The predicted octanol–water partition coefficient (Wildman–Crippen LogP) is 1.18. The minimum atomic E-state index is 0.653. The van der Waals surface area contributed by atoms with Crippen LogP contribution >= 0.6 is 0 Å².